The van der Waals surface area contributed by atoms with E-state index in [0.717, 1.165) is 4.90 Å². The first-order chi connectivity index (χ1) is 9.66. The maximum absolute atomic E-state index is 12.8. The standard InChI is InChI=1S/C12H19F3N2O4/c1-7(3-4-21-2)16-11(20)17-5-8(10(18)19)9(6-17)12(13,14)15/h7-9H,3-6H2,1-2H3,(H,16,20)(H,18,19)/t7?,8-,9-/m1/s1. The minimum atomic E-state index is -4.64. The van der Waals surface area contributed by atoms with Gasteiger partial charge in [0.25, 0.3) is 0 Å². The molecular weight excluding hydrogens is 293 g/mol. The Hall–Kier alpha value is -1.51. The lowest BCUT2D eigenvalue weighted by molar-refractivity contribution is -0.187. The van der Waals surface area contributed by atoms with E-state index in [4.69, 9.17) is 9.84 Å². The van der Waals surface area contributed by atoms with Crippen LogP contribution in [0.2, 0.25) is 0 Å². The van der Waals surface area contributed by atoms with Crippen LogP contribution in [0, 0.1) is 11.8 Å². The molecular formula is C12H19F3N2O4. The summed E-state index contributed by atoms with van der Waals surface area (Å²) in [4.78, 5) is 23.7. The first-order valence-electron chi connectivity index (χ1n) is 6.50. The number of halogens is 3. The Labute approximate surface area is 120 Å². The van der Waals surface area contributed by atoms with Crippen LogP contribution in [0.3, 0.4) is 0 Å². The number of ether oxygens (including phenoxy) is 1. The van der Waals surface area contributed by atoms with Crippen LogP contribution in [-0.2, 0) is 9.53 Å². The van der Waals surface area contributed by atoms with Gasteiger partial charge in [-0.05, 0) is 13.3 Å². The summed E-state index contributed by atoms with van der Waals surface area (Å²) >= 11 is 0. The van der Waals surface area contributed by atoms with Crippen LogP contribution in [0.1, 0.15) is 13.3 Å². The molecule has 3 atom stereocenters. The Balaban J connectivity index is 2.65. The molecule has 1 heterocycles. The summed E-state index contributed by atoms with van der Waals surface area (Å²) in [5.41, 5.74) is 0. The highest BCUT2D eigenvalue weighted by molar-refractivity contribution is 5.78. The van der Waals surface area contributed by atoms with E-state index in [2.05, 4.69) is 5.32 Å². The molecule has 9 heteroatoms. The minimum absolute atomic E-state index is 0.273. The number of carbonyl (C=O) groups is 2. The van der Waals surface area contributed by atoms with E-state index in [9.17, 15) is 22.8 Å². The molecule has 0 aromatic rings. The molecule has 0 radical (unpaired) electrons. The quantitative estimate of drug-likeness (QED) is 0.802. The van der Waals surface area contributed by atoms with E-state index in [0.29, 0.717) is 13.0 Å². The van der Waals surface area contributed by atoms with Crippen molar-refractivity contribution in [1.82, 2.24) is 10.2 Å². The Morgan fingerprint density at radius 3 is 2.48 bits per heavy atom. The van der Waals surface area contributed by atoms with Crippen molar-refractivity contribution in [3.63, 3.8) is 0 Å². The molecule has 1 unspecified atom stereocenters. The zero-order chi connectivity index (χ0) is 16.2. The number of aliphatic carboxylic acids is 1. The number of likely N-dealkylation sites (tertiary alicyclic amines) is 1. The number of carboxylic acid groups (broad SMARTS) is 1. The third kappa shape index (κ3) is 4.76. The van der Waals surface area contributed by atoms with E-state index in [1.165, 1.54) is 7.11 Å². The van der Waals surface area contributed by atoms with Crippen molar-refractivity contribution in [1.29, 1.82) is 0 Å². The second kappa shape index (κ2) is 6.97. The van der Waals surface area contributed by atoms with E-state index in [1.54, 1.807) is 6.92 Å². The van der Waals surface area contributed by atoms with Gasteiger partial charge < -0.3 is 20.1 Å². The fraction of sp³-hybridized carbons (Fsp3) is 0.833. The summed E-state index contributed by atoms with van der Waals surface area (Å²) in [6.07, 6.45) is -4.12. The third-order valence-electron chi connectivity index (χ3n) is 3.47. The molecule has 0 aliphatic carbocycles. The molecule has 0 aromatic carbocycles. The molecule has 1 aliphatic rings. The van der Waals surface area contributed by atoms with Crippen molar-refractivity contribution < 1.29 is 32.6 Å². The molecule has 0 aromatic heterocycles. The third-order valence-corrected chi connectivity index (χ3v) is 3.47. The van der Waals surface area contributed by atoms with Crippen LogP contribution < -0.4 is 5.32 Å². The normalized spacial score (nSPS) is 24.0. The Bertz CT molecular complexity index is 389. The van der Waals surface area contributed by atoms with Crippen molar-refractivity contribution in [2.75, 3.05) is 26.8 Å². The second-order valence-corrected chi connectivity index (χ2v) is 5.13. The first kappa shape index (κ1) is 17.5. The summed E-state index contributed by atoms with van der Waals surface area (Å²) < 4.78 is 43.2. The number of alkyl halides is 3. The number of carboxylic acids is 1. The van der Waals surface area contributed by atoms with Crippen molar-refractivity contribution >= 4 is 12.0 Å². The maximum Gasteiger partial charge on any atom is 0.394 e. The molecule has 0 saturated carbocycles. The maximum atomic E-state index is 12.8. The number of methoxy groups -OCH3 is 1. The lowest BCUT2D eigenvalue weighted by atomic mass is 9.96. The summed E-state index contributed by atoms with van der Waals surface area (Å²) in [6, 6.07) is -0.956. The molecule has 2 amide bonds. The Morgan fingerprint density at radius 1 is 1.43 bits per heavy atom. The number of rotatable bonds is 5. The predicted molar refractivity (Wildman–Crippen MR) is 66.7 cm³/mol. The SMILES string of the molecule is COCCC(C)NC(=O)N1C[C@@H](C(F)(F)F)[C@H](C(=O)O)C1. The first-order valence-corrected chi connectivity index (χ1v) is 6.50. The van der Waals surface area contributed by atoms with E-state index < -0.39 is 43.1 Å². The number of carbonyl (C=O) groups excluding carboxylic acids is 1. The molecule has 1 rings (SSSR count). The number of hydrogen-bond donors (Lipinski definition) is 2. The van der Waals surface area contributed by atoms with Crippen LogP contribution in [0.5, 0.6) is 0 Å². The van der Waals surface area contributed by atoms with Crippen molar-refractivity contribution in [3.8, 4) is 0 Å². The Morgan fingerprint density at radius 2 is 2.05 bits per heavy atom. The van der Waals surface area contributed by atoms with E-state index >= 15 is 0 Å². The largest absolute Gasteiger partial charge is 0.481 e. The topological polar surface area (TPSA) is 78.9 Å². The van der Waals surface area contributed by atoms with Crippen molar-refractivity contribution in [3.05, 3.63) is 0 Å². The fourth-order valence-electron chi connectivity index (χ4n) is 2.22. The van der Waals surface area contributed by atoms with E-state index in [-0.39, 0.29) is 6.04 Å². The van der Waals surface area contributed by atoms with Crippen LogP contribution >= 0.6 is 0 Å². The van der Waals surface area contributed by atoms with Gasteiger partial charge in [0.05, 0.1) is 11.8 Å². The van der Waals surface area contributed by atoms with Gasteiger partial charge >= 0.3 is 18.2 Å². The minimum Gasteiger partial charge on any atom is -0.481 e. The molecule has 122 valence electrons. The van der Waals surface area contributed by atoms with Crippen LogP contribution in [0.4, 0.5) is 18.0 Å². The van der Waals surface area contributed by atoms with Gasteiger partial charge in [-0.2, -0.15) is 13.2 Å². The zero-order valence-electron chi connectivity index (χ0n) is 11.8. The molecule has 1 saturated heterocycles. The zero-order valence-corrected chi connectivity index (χ0v) is 11.8. The monoisotopic (exact) mass is 312 g/mol. The number of nitrogens with one attached hydrogen (secondary N) is 1. The van der Waals surface area contributed by atoms with Gasteiger partial charge in [0.15, 0.2) is 0 Å². The summed E-state index contributed by atoms with van der Waals surface area (Å²) in [6.45, 7) is 1.03. The van der Waals surface area contributed by atoms with E-state index in [1.807, 2.05) is 0 Å². The van der Waals surface area contributed by atoms with Gasteiger partial charge in [-0.25, -0.2) is 4.79 Å². The Kier molecular flexibility index (Phi) is 5.82. The van der Waals surface area contributed by atoms with Crippen molar-refractivity contribution in [2.24, 2.45) is 11.8 Å². The van der Waals surface area contributed by atoms with Gasteiger partial charge in [0.2, 0.25) is 0 Å². The van der Waals surface area contributed by atoms with Gasteiger partial charge in [-0.1, -0.05) is 0 Å². The average molecular weight is 312 g/mol. The molecule has 1 fully saturated rings. The lowest BCUT2D eigenvalue weighted by Gasteiger charge is -2.21. The van der Waals surface area contributed by atoms with Gasteiger partial charge in [-0.15, -0.1) is 0 Å². The summed E-state index contributed by atoms with van der Waals surface area (Å²) in [5, 5.41) is 11.4. The van der Waals surface area contributed by atoms with Crippen LogP contribution in [-0.4, -0.2) is 61.0 Å². The molecule has 0 bridgehead atoms. The average Bonchev–Trinajstić information content (AvgIpc) is 2.81. The summed E-state index contributed by atoms with van der Waals surface area (Å²) in [5.74, 6) is -5.19. The number of nitrogens with zero attached hydrogens (tertiary/aromatic N) is 1. The summed E-state index contributed by atoms with van der Waals surface area (Å²) in [7, 11) is 1.50. The second-order valence-electron chi connectivity index (χ2n) is 5.13. The highest BCUT2D eigenvalue weighted by Crippen LogP contribution is 2.37. The lowest BCUT2D eigenvalue weighted by Crippen LogP contribution is -2.43. The van der Waals surface area contributed by atoms with Gasteiger partial charge in [-0.3, -0.25) is 4.79 Å². The molecule has 0 spiro atoms. The van der Waals surface area contributed by atoms with Crippen LogP contribution in [0.15, 0.2) is 0 Å². The molecule has 21 heavy (non-hydrogen) atoms. The van der Waals surface area contributed by atoms with Gasteiger partial charge in [0.1, 0.15) is 0 Å². The predicted octanol–water partition coefficient (Wildman–Crippen LogP) is 1.32. The number of amides is 2. The van der Waals surface area contributed by atoms with Crippen LogP contribution in [0.25, 0.3) is 0 Å². The highest BCUT2D eigenvalue weighted by Gasteiger charge is 2.53. The van der Waals surface area contributed by atoms with Gasteiger partial charge in [0, 0.05) is 32.8 Å². The molecule has 1 aliphatic heterocycles. The number of hydrogen-bond acceptors (Lipinski definition) is 3. The fourth-order valence-corrected chi connectivity index (χ4v) is 2.22. The smallest absolute Gasteiger partial charge is 0.394 e. The molecule has 6 nitrogen and oxygen atoms in total. The molecule has 2 N–H and O–H groups in total. The van der Waals surface area contributed by atoms with Crippen molar-refractivity contribution in [2.45, 2.75) is 25.6 Å². The highest BCUT2D eigenvalue weighted by atomic mass is 19.4. The number of urea groups is 1.